The molecule has 0 saturated heterocycles. The van der Waals surface area contributed by atoms with Crippen molar-refractivity contribution in [3.8, 4) is 0 Å². The van der Waals surface area contributed by atoms with Gasteiger partial charge in [0.25, 0.3) is 0 Å². The molecular weight excluding hydrogens is 274 g/mol. The number of anilines is 1. The molecule has 20 heavy (non-hydrogen) atoms. The van der Waals surface area contributed by atoms with Crippen molar-refractivity contribution < 1.29 is 9.53 Å². The number of nitrogens with zero attached hydrogens (tertiary/aromatic N) is 2. The van der Waals surface area contributed by atoms with E-state index < -0.39 is 0 Å². The molecule has 0 amide bonds. The van der Waals surface area contributed by atoms with Crippen LogP contribution in [-0.4, -0.2) is 22.5 Å². The van der Waals surface area contributed by atoms with Gasteiger partial charge >= 0.3 is 5.97 Å². The lowest BCUT2D eigenvalue weighted by Gasteiger charge is -2.08. The van der Waals surface area contributed by atoms with Crippen LogP contribution in [0.3, 0.4) is 0 Å². The lowest BCUT2D eigenvalue weighted by Crippen LogP contribution is -2.11. The first-order chi connectivity index (χ1) is 9.74. The summed E-state index contributed by atoms with van der Waals surface area (Å²) in [7, 11) is 0. The number of hydrogen-bond acceptors (Lipinski definition) is 6. The van der Waals surface area contributed by atoms with Crippen molar-refractivity contribution in [3.05, 3.63) is 40.0 Å². The molecule has 5 nitrogen and oxygen atoms in total. The molecule has 2 aromatic rings. The van der Waals surface area contributed by atoms with Crippen molar-refractivity contribution in [1.82, 2.24) is 9.97 Å². The van der Waals surface area contributed by atoms with Gasteiger partial charge in [-0.3, -0.25) is 0 Å². The molecule has 0 saturated carbocycles. The molecule has 0 fully saturated rings. The average Bonchev–Trinajstić information content (AvgIpc) is 2.93. The first kappa shape index (κ1) is 14.5. The minimum Gasteiger partial charge on any atom is -0.462 e. The molecule has 2 aromatic heterocycles. The molecular formula is C14H17N3O2S. The number of aryl methyl sites for hydroxylation is 1. The van der Waals surface area contributed by atoms with E-state index in [1.54, 1.807) is 36.6 Å². The first-order valence-electron chi connectivity index (χ1n) is 6.54. The van der Waals surface area contributed by atoms with Crippen molar-refractivity contribution in [3.63, 3.8) is 0 Å². The third-order valence-electron chi connectivity index (χ3n) is 2.66. The molecule has 0 unspecified atom stereocenters. The lowest BCUT2D eigenvalue weighted by atomic mass is 10.2. The Hall–Kier alpha value is -1.95. The van der Waals surface area contributed by atoms with Gasteiger partial charge < -0.3 is 10.1 Å². The summed E-state index contributed by atoms with van der Waals surface area (Å²) in [5.41, 5.74) is 0.446. The van der Waals surface area contributed by atoms with Gasteiger partial charge in [0.2, 0.25) is 0 Å². The zero-order valence-electron chi connectivity index (χ0n) is 11.5. The lowest BCUT2D eigenvalue weighted by molar-refractivity contribution is 0.0527. The summed E-state index contributed by atoms with van der Waals surface area (Å²) in [5.74, 6) is 0.163. The fraction of sp³-hybridized carbons (Fsp3) is 0.357. The maximum absolute atomic E-state index is 11.8. The average molecular weight is 291 g/mol. The van der Waals surface area contributed by atoms with Crippen LogP contribution in [0.25, 0.3) is 0 Å². The minimum absolute atomic E-state index is 0.347. The molecule has 0 aliphatic heterocycles. The molecule has 0 bridgehead atoms. The van der Waals surface area contributed by atoms with Crippen molar-refractivity contribution in [1.29, 1.82) is 0 Å². The highest BCUT2D eigenvalue weighted by molar-refractivity contribution is 7.11. The molecule has 2 rings (SSSR count). The largest absolute Gasteiger partial charge is 0.462 e. The Bertz CT molecular complexity index is 583. The van der Waals surface area contributed by atoms with E-state index in [1.165, 1.54) is 4.88 Å². The van der Waals surface area contributed by atoms with Crippen molar-refractivity contribution >= 4 is 23.1 Å². The van der Waals surface area contributed by atoms with Crippen LogP contribution in [0.5, 0.6) is 0 Å². The van der Waals surface area contributed by atoms with E-state index in [9.17, 15) is 4.79 Å². The van der Waals surface area contributed by atoms with E-state index in [0.29, 0.717) is 24.5 Å². The molecule has 6 heteroatoms. The number of carbonyl (C=O) groups is 1. The molecule has 0 aromatic carbocycles. The predicted molar refractivity (Wildman–Crippen MR) is 79.0 cm³/mol. The van der Waals surface area contributed by atoms with Crippen molar-refractivity contribution in [2.45, 2.75) is 26.8 Å². The van der Waals surface area contributed by atoms with E-state index in [4.69, 9.17) is 4.74 Å². The summed E-state index contributed by atoms with van der Waals surface area (Å²) >= 11 is 1.66. The molecule has 0 aliphatic carbocycles. The highest BCUT2D eigenvalue weighted by atomic mass is 32.1. The fourth-order valence-electron chi connectivity index (χ4n) is 1.67. The summed E-state index contributed by atoms with van der Waals surface area (Å²) in [6.45, 7) is 4.78. The van der Waals surface area contributed by atoms with Crippen LogP contribution in [-0.2, 0) is 17.7 Å². The van der Waals surface area contributed by atoms with Gasteiger partial charge in [0, 0.05) is 17.3 Å². The maximum atomic E-state index is 11.8. The number of esters is 1. The number of ether oxygens (including phenoxy) is 1. The van der Waals surface area contributed by atoms with Crippen LogP contribution in [0, 0.1) is 0 Å². The molecule has 0 aliphatic rings. The van der Waals surface area contributed by atoms with Gasteiger partial charge in [-0.2, -0.15) is 0 Å². The number of aromatic nitrogens is 2. The normalized spacial score (nSPS) is 10.3. The topological polar surface area (TPSA) is 64.1 Å². The maximum Gasteiger partial charge on any atom is 0.341 e. The predicted octanol–water partition coefficient (Wildman–Crippen LogP) is 2.89. The number of thiazole rings is 1. The quantitative estimate of drug-likeness (QED) is 0.829. The highest BCUT2D eigenvalue weighted by Crippen LogP contribution is 2.17. The van der Waals surface area contributed by atoms with Crippen LogP contribution in [0.2, 0.25) is 0 Å². The molecule has 0 atom stereocenters. The van der Waals surface area contributed by atoms with E-state index in [-0.39, 0.29) is 5.97 Å². The van der Waals surface area contributed by atoms with Crippen molar-refractivity contribution in [2.75, 3.05) is 11.9 Å². The number of carbonyl (C=O) groups excluding carboxylic acids is 1. The Morgan fingerprint density at radius 3 is 2.95 bits per heavy atom. The number of nitrogens with one attached hydrogen (secondary N) is 1. The Morgan fingerprint density at radius 2 is 2.25 bits per heavy atom. The zero-order valence-corrected chi connectivity index (χ0v) is 12.4. The van der Waals surface area contributed by atoms with Gasteiger partial charge in [0.1, 0.15) is 16.4 Å². The third-order valence-corrected chi connectivity index (χ3v) is 3.80. The third kappa shape index (κ3) is 3.54. The Labute approximate surface area is 122 Å². The monoisotopic (exact) mass is 291 g/mol. The molecule has 0 spiro atoms. The van der Waals surface area contributed by atoms with Gasteiger partial charge in [-0.05, 0) is 25.5 Å². The number of rotatable bonds is 6. The van der Waals surface area contributed by atoms with Gasteiger partial charge in [-0.1, -0.05) is 6.92 Å². The van der Waals surface area contributed by atoms with E-state index in [0.717, 1.165) is 11.4 Å². The van der Waals surface area contributed by atoms with E-state index in [2.05, 4.69) is 22.2 Å². The molecule has 2 heterocycles. The summed E-state index contributed by atoms with van der Waals surface area (Å²) in [4.78, 5) is 21.6. The standard InChI is InChI=1S/C14H17N3O2S/c1-3-10-8-16-12(20-10)9-17-13-11(6-5-7-15-13)14(18)19-4-2/h5-8H,3-4,9H2,1-2H3,(H,15,17). The van der Waals surface area contributed by atoms with Crippen LogP contribution in [0.1, 0.15) is 34.1 Å². The van der Waals surface area contributed by atoms with Gasteiger partial charge in [0.15, 0.2) is 0 Å². The Morgan fingerprint density at radius 1 is 1.40 bits per heavy atom. The van der Waals surface area contributed by atoms with Crippen LogP contribution >= 0.6 is 11.3 Å². The van der Waals surface area contributed by atoms with Gasteiger partial charge in [0.05, 0.1) is 13.2 Å². The number of hydrogen-bond donors (Lipinski definition) is 1. The SMILES string of the molecule is CCOC(=O)c1cccnc1NCc1ncc(CC)s1. The number of pyridine rings is 1. The second kappa shape index (κ2) is 7.00. The van der Waals surface area contributed by atoms with Crippen LogP contribution in [0.15, 0.2) is 24.5 Å². The van der Waals surface area contributed by atoms with Crippen LogP contribution in [0.4, 0.5) is 5.82 Å². The van der Waals surface area contributed by atoms with Crippen molar-refractivity contribution in [2.24, 2.45) is 0 Å². The van der Waals surface area contributed by atoms with E-state index >= 15 is 0 Å². The molecule has 106 valence electrons. The molecule has 1 N–H and O–H groups in total. The van der Waals surface area contributed by atoms with E-state index in [1.807, 2.05) is 6.20 Å². The Balaban J connectivity index is 2.07. The second-order valence-corrected chi connectivity index (χ2v) is 5.25. The summed E-state index contributed by atoms with van der Waals surface area (Å²) in [6.07, 6.45) is 4.51. The smallest absolute Gasteiger partial charge is 0.341 e. The molecule has 0 radical (unpaired) electrons. The summed E-state index contributed by atoms with van der Waals surface area (Å²) in [6, 6.07) is 3.42. The Kier molecular flexibility index (Phi) is 5.06. The zero-order chi connectivity index (χ0) is 14.4. The minimum atomic E-state index is -0.364. The van der Waals surface area contributed by atoms with Crippen LogP contribution < -0.4 is 5.32 Å². The van der Waals surface area contributed by atoms with Gasteiger partial charge in [-0.15, -0.1) is 11.3 Å². The first-order valence-corrected chi connectivity index (χ1v) is 7.35. The van der Waals surface area contributed by atoms with Gasteiger partial charge in [-0.25, -0.2) is 14.8 Å². The summed E-state index contributed by atoms with van der Waals surface area (Å²) in [5, 5.41) is 4.12. The highest BCUT2D eigenvalue weighted by Gasteiger charge is 2.13. The summed E-state index contributed by atoms with van der Waals surface area (Å²) < 4.78 is 5.01. The second-order valence-electron chi connectivity index (χ2n) is 4.05. The fourth-order valence-corrected chi connectivity index (χ4v) is 2.47.